The lowest BCUT2D eigenvalue weighted by Gasteiger charge is -2.40. The van der Waals surface area contributed by atoms with Crippen molar-refractivity contribution >= 4 is 0 Å². The first kappa shape index (κ1) is 8.52. The number of fused-ring (bicyclic) bond motifs is 1. The van der Waals surface area contributed by atoms with Crippen LogP contribution in [0.4, 0.5) is 0 Å². The van der Waals surface area contributed by atoms with Crippen LogP contribution < -0.4 is 5.32 Å². The predicted octanol–water partition coefficient (Wildman–Crippen LogP) is 1.22. The molecule has 2 fully saturated rings. The van der Waals surface area contributed by atoms with Gasteiger partial charge in [-0.25, -0.2) is 0 Å². The molecule has 0 spiro atoms. The molecule has 1 N–H and O–H groups in total. The maximum absolute atomic E-state index is 3.60. The van der Waals surface area contributed by atoms with Crippen molar-refractivity contribution in [1.82, 2.24) is 10.2 Å². The van der Waals surface area contributed by atoms with Crippen molar-refractivity contribution in [3.63, 3.8) is 0 Å². The van der Waals surface area contributed by atoms with Crippen molar-refractivity contribution in [2.75, 3.05) is 13.1 Å². The third kappa shape index (κ3) is 1.38. The van der Waals surface area contributed by atoms with Crippen LogP contribution in [-0.2, 0) is 0 Å². The number of nitrogens with zero attached hydrogens (tertiary/aromatic N) is 1. The minimum atomic E-state index is 0.734. The van der Waals surface area contributed by atoms with Crippen LogP contribution in [0.5, 0.6) is 0 Å². The highest BCUT2D eigenvalue weighted by molar-refractivity contribution is 4.95. The maximum Gasteiger partial charge on any atom is 0.0264 e. The summed E-state index contributed by atoms with van der Waals surface area (Å²) in [5.74, 6) is 0. The van der Waals surface area contributed by atoms with Crippen molar-refractivity contribution in [3.05, 3.63) is 0 Å². The number of rotatable bonds is 1. The van der Waals surface area contributed by atoms with Gasteiger partial charge in [0, 0.05) is 18.1 Å². The Hall–Kier alpha value is -0.0800. The quantitative estimate of drug-likeness (QED) is 0.633. The minimum absolute atomic E-state index is 0.734. The van der Waals surface area contributed by atoms with Crippen LogP contribution in [0.3, 0.4) is 0 Å². The van der Waals surface area contributed by atoms with Gasteiger partial charge in [-0.15, -0.1) is 0 Å². The van der Waals surface area contributed by atoms with Gasteiger partial charge in [0.1, 0.15) is 0 Å². The van der Waals surface area contributed by atoms with E-state index in [1.807, 2.05) is 0 Å². The fraction of sp³-hybridized carbons (Fsp3) is 1.00. The Labute approximate surface area is 75.3 Å². The van der Waals surface area contributed by atoms with E-state index in [9.17, 15) is 0 Å². The van der Waals surface area contributed by atoms with Gasteiger partial charge < -0.3 is 5.32 Å². The zero-order valence-corrected chi connectivity index (χ0v) is 8.21. The number of piperidine rings is 1. The van der Waals surface area contributed by atoms with E-state index in [-0.39, 0.29) is 0 Å². The fourth-order valence-electron chi connectivity index (χ4n) is 2.75. The van der Waals surface area contributed by atoms with Crippen LogP contribution >= 0.6 is 0 Å². The normalized spacial score (nSPS) is 37.2. The summed E-state index contributed by atoms with van der Waals surface area (Å²) in [4.78, 5) is 2.67. The molecule has 2 saturated heterocycles. The second kappa shape index (κ2) is 3.35. The summed E-state index contributed by atoms with van der Waals surface area (Å²) in [6, 6.07) is 2.39. The molecule has 70 valence electrons. The summed E-state index contributed by atoms with van der Waals surface area (Å²) in [6.45, 7) is 7.19. The second-order valence-corrected chi connectivity index (χ2v) is 4.39. The Bertz CT molecular complexity index is 156. The molecular weight excluding hydrogens is 148 g/mol. The van der Waals surface area contributed by atoms with Gasteiger partial charge in [-0.05, 0) is 46.2 Å². The van der Waals surface area contributed by atoms with E-state index >= 15 is 0 Å². The summed E-state index contributed by atoms with van der Waals surface area (Å²) in [5.41, 5.74) is 0. The molecule has 2 atom stereocenters. The first-order valence-electron chi connectivity index (χ1n) is 5.28. The van der Waals surface area contributed by atoms with Gasteiger partial charge in [-0.1, -0.05) is 0 Å². The van der Waals surface area contributed by atoms with Gasteiger partial charge in [-0.2, -0.15) is 0 Å². The number of likely N-dealkylation sites (tertiary alicyclic amines) is 1. The Kier molecular flexibility index (Phi) is 2.37. The van der Waals surface area contributed by atoms with Crippen molar-refractivity contribution in [2.24, 2.45) is 0 Å². The SMILES string of the molecule is CC(C)N1CCC[C@H]2NCC[C@H]21. The summed E-state index contributed by atoms with van der Waals surface area (Å²) >= 11 is 0. The monoisotopic (exact) mass is 168 g/mol. The number of hydrogen-bond acceptors (Lipinski definition) is 2. The zero-order chi connectivity index (χ0) is 8.55. The summed E-state index contributed by atoms with van der Waals surface area (Å²) in [7, 11) is 0. The molecule has 0 aliphatic carbocycles. The van der Waals surface area contributed by atoms with Crippen LogP contribution in [-0.4, -0.2) is 36.1 Å². The van der Waals surface area contributed by atoms with Crippen LogP contribution in [0.1, 0.15) is 33.1 Å². The highest BCUT2D eigenvalue weighted by Gasteiger charge is 2.35. The van der Waals surface area contributed by atoms with Crippen molar-refractivity contribution in [2.45, 2.75) is 51.2 Å². The highest BCUT2D eigenvalue weighted by Crippen LogP contribution is 2.25. The van der Waals surface area contributed by atoms with E-state index in [4.69, 9.17) is 0 Å². The molecule has 2 aliphatic heterocycles. The third-order valence-corrected chi connectivity index (χ3v) is 3.33. The topological polar surface area (TPSA) is 15.3 Å². The van der Waals surface area contributed by atoms with Gasteiger partial charge in [0.2, 0.25) is 0 Å². The van der Waals surface area contributed by atoms with E-state index in [1.54, 1.807) is 0 Å². The molecule has 0 amide bonds. The molecule has 2 heterocycles. The molecule has 0 radical (unpaired) electrons. The minimum Gasteiger partial charge on any atom is -0.312 e. The molecular formula is C10H20N2. The molecule has 2 nitrogen and oxygen atoms in total. The molecule has 0 aromatic heterocycles. The highest BCUT2D eigenvalue weighted by atomic mass is 15.2. The van der Waals surface area contributed by atoms with Crippen LogP contribution in [0, 0.1) is 0 Å². The molecule has 2 aliphatic rings. The van der Waals surface area contributed by atoms with Crippen LogP contribution in [0.15, 0.2) is 0 Å². The summed E-state index contributed by atoms with van der Waals surface area (Å²) in [5, 5.41) is 3.60. The largest absolute Gasteiger partial charge is 0.312 e. The Morgan fingerprint density at radius 2 is 2.17 bits per heavy atom. The molecule has 0 saturated carbocycles. The lowest BCUT2D eigenvalue weighted by atomic mass is 9.96. The van der Waals surface area contributed by atoms with Crippen LogP contribution in [0.25, 0.3) is 0 Å². The van der Waals surface area contributed by atoms with Gasteiger partial charge in [-0.3, -0.25) is 4.90 Å². The third-order valence-electron chi connectivity index (χ3n) is 3.33. The smallest absolute Gasteiger partial charge is 0.0264 e. The molecule has 0 bridgehead atoms. The number of hydrogen-bond donors (Lipinski definition) is 1. The molecule has 0 aromatic carbocycles. The Balaban J connectivity index is 2.03. The molecule has 2 heteroatoms. The average molecular weight is 168 g/mol. The first-order valence-corrected chi connectivity index (χ1v) is 5.28. The van der Waals surface area contributed by atoms with E-state index in [0.29, 0.717) is 0 Å². The first-order chi connectivity index (χ1) is 5.79. The predicted molar refractivity (Wildman–Crippen MR) is 51.3 cm³/mol. The molecule has 0 aromatic rings. The number of nitrogens with one attached hydrogen (secondary N) is 1. The zero-order valence-electron chi connectivity index (χ0n) is 8.21. The lowest BCUT2D eigenvalue weighted by Crippen LogP contribution is -2.51. The fourth-order valence-corrected chi connectivity index (χ4v) is 2.75. The van der Waals surface area contributed by atoms with Crippen molar-refractivity contribution in [1.29, 1.82) is 0 Å². The summed E-state index contributed by atoms with van der Waals surface area (Å²) < 4.78 is 0. The maximum atomic E-state index is 3.60. The standard InChI is InChI=1S/C10H20N2/c1-8(2)12-7-3-4-9-10(12)5-6-11-9/h8-11H,3-7H2,1-2H3/t9-,10-/m1/s1. The summed E-state index contributed by atoms with van der Waals surface area (Å²) in [6.07, 6.45) is 4.14. The average Bonchev–Trinajstić information content (AvgIpc) is 2.49. The molecule has 0 unspecified atom stereocenters. The van der Waals surface area contributed by atoms with Gasteiger partial charge >= 0.3 is 0 Å². The second-order valence-electron chi connectivity index (χ2n) is 4.39. The Morgan fingerprint density at radius 3 is 2.92 bits per heavy atom. The molecule has 12 heavy (non-hydrogen) atoms. The van der Waals surface area contributed by atoms with Gasteiger partial charge in [0.15, 0.2) is 0 Å². The van der Waals surface area contributed by atoms with Gasteiger partial charge in [0.05, 0.1) is 0 Å². The van der Waals surface area contributed by atoms with E-state index in [2.05, 4.69) is 24.1 Å². The van der Waals surface area contributed by atoms with Crippen LogP contribution in [0.2, 0.25) is 0 Å². The Morgan fingerprint density at radius 1 is 1.33 bits per heavy atom. The van der Waals surface area contributed by atoms with E-state index in [1.165, 1.54) is 32.4 Å². The molecule has 2 rings (SSSR count). The lowest BCUT2D eigenvalue weighted by molar-refractivity contribution is 0.104. The van der Waals surface area contributed by atoms with Crippen molar-refractivity contribution < 1.29 is 0 Å². The van der Waals surface area contributed by atoms with Crippen molar-refractivity contribution in [3.8, 4) is 0 Å². The van der Waals surface area contributed by atoms with E-state index in [0.717, 1.165) is 18.1 Å². The van der Waals surface area contributed by atoms with Gasteiger partial charge in [0.25, 0.3) is 0 Å². The van der Waals surface area contributed by atoms with E-state index < -0.39 is 0 Å².